The van der Waals surface area contributed by atoms with Gasteiger partial charge >= 0.3 is 0 Å². The first kappa shape index (κ1) is 12.1. The summed E-state index contributed by atoms with van der Waals surface area (Å²) in [5.41, 5.74) is -0.873. The number of primary sulfonamides is 1. The minimum Gasteiger partial charge on any atom is -0.504 e. The van der Waals surface area contributed by atoms with Gasteiger partial charge in [0.25, 0.3) is 6.43 Å². The van der Waals surface area contributed by atoms with Crippen LogP contribution in [0.5, 0.6) is 5.75 Å². The van der Waals surface area contributed by atoms with Crippen molar-refractivity contribution in [3.63, 3.8) is 0 Å². The van der Waals surface area contributed by atoms with Crippen LogP contribution in [0, 0.1) is 0 Å². The van der Waals surface area contributed by atoms with Crippen molar-refractivity contribution in [2.24, 2.45) is 5.14 Å². The molecule has 1 aromatic rings. The second-order valence-electron chi connectivity index (χ2n) is 2.53. The second kappa shape index (κ2) is 3.87. The Morgan fingerprint density at radius 1 is 1.53 bits per heavy atom. The number of nitrogens with two attached hydrogens (primary N) is 1. The third kappa shape index (κ3) is 2.52. The maximum Gasteiger partial charge on any atom is 0.280 e. The molecule has 3 N–H and O–H groups in total. The molecule has 0 radical (unpaired) electrons. The fourth-order valence-electron chi connectivity index (χ4n) is 0.832. The SMILES string of the molecule is NS(=O)(=O)c1cc(C(F)F)nc(Cl)c1O. The number of hydrogen-bond donors (Lipinski definition) is 2. The predicted molar refractivity (Wildman–Crippen MR) is 47.2 cm³/mol. The number of hydrogen-bond acceptors (Lipinski definition) is 4. The van der Waals surface area contributed by atoms with Crippen molar-refractivity contribution in [3.05, 3.63) is 16.9 Å². The van der Waals surface area contributed by atoms with Gasteiger partial charge in [-0.1, -0.05) is 11.6 Å². The number of aromatic nitrogens is 1. The van der Waals surface area contributed by atoms with Crippen LogP contribution in [0.1, 0.15) is 12.1 Å². The molecule has 5 nitrogen and oxygen atoms in total. The van der Waals surface area contributed by atoms with Crippen molar-refractivity contribution in [2.75, 3.05) is 0 Å². The number of rotatable bonds is 2. The first-order valence-corrected chi connectivity index (χ1v) is 5.36. The van der Waals surface area contributed by atoms with Crippen LogP contribution in [-0.4, -0.2) is 18.5 Å². The molecule has 15 heavy (non-hydrogen) atoms. The minimum absolute atomic E-state index is 0.473. The Labute approximate surface area is 88.5 Å². The monoisotopic (exact) mass is 258 g/mol. The molecule has 0 bridgehead atoms. The highest BCUT2D eigenvalue weighted by Crippen LogP contribution is 2.31. The maximum absolute atomic E-state index is 12.2. The van der Waals surface area contributed by atoms with E-state index in [4.69, 9.17) is 16.7 Å². The zero-order valence-electron chi connectivity index (χ0n) is 6.99. The van der Waals surface area contributed by atoms with E-state index in [1.807, 2.05) is 0 Å². The van der Waals surface area contributed by atoms with Gasteiger partial charge in [0.05, 0.1) is 0 Å². The molecular weight excluding hydrogens is 254 g/mol. The molecule has 0 saturated carbocycles. The molecule has 0 saturated heterocycles. The average molecular weight is 259 g/mol. The van der Waals surface area contributed by atoms with Crippen molar-refractivity contribution in [2.45, 2.75) is 11.3 Å². The van der Waals surface area contributed by atoms with Gasteiger partial charge in [-0.25, -0.2) is 27.3 Å². The molecule has 1 heterocycles. The molecule has 0 aliphatic carbocycles. The van der Waals surface area contributed by atoms with Crippen LogP contribution in [0.15, 0.2) is 11.0 Å². The molecule has 0 aliphatic rings. The highest BCUT2D eigenvalue weighted by molar-refractivity contribution is 7.89. The fraction of sp³-hybridized carbons (Fsp3) is 0.167. The lowest BCUT2D eigenvalue weighted by Gasteiger charge is -2.06. The Morgan fingerprint density at radius 2 is 2.07 bits per heavy atom. The smallest absolute Gasteiger partial charge is 0.280 e. The molecule has 0 aromatic carbocycles. The number of pyridine rings is 1. The van der Waals surface area contributed by atoms with E-state index in [1.165, 1.54) is 0 Å². The van der Waals surface area contributed by atoms with E-state index in [2.05, 4.69) is 10.1 Å². The molecule has 0 fully saturated rings. The van der Waals surface area contributed by atoms with Gasteiger partial charge in [0.15, 0.2) is 10.9 Å². The highest BCUT2D eigenvalue weighted by Gasteiger charge is 2.22. The zero-order valence-corrected chi connectivity index (χ0v) is 8.56. The third-order valence-corrected chi connectivity index (χ3v) is 2.65. The fourth-order valence-corrected chi connectivity index (χ4v) is 1.74. The Bertz CT molecular complexity index is 491. The van der Waals surface area contributed by atoms with Crippen LogP contribution in [0.3, 0.4) is 0 Å². The molecule has 84 valence electrons. The lowest BCUT2D eigenvalue weighted by molar-refractivity contribution is 0.145. The number of nitrogens with zero attached hydrogens (tertiary/aromatic N) is 1. The number of halogens is 3. The van der Waals surface area contributed by atoms with Crippen molar-refractivity contribution in [1.82, 2.24) is 4.98 Å². The Kier molecular flexibility index (Phi) is 3.12. The van der Waals surface area contributed by atoms with Gasteiger partial charge in [0, 0.05) is 0 Å². The number of aromatic hydroxyl groups is 1. The van der Waals surface area contributed by atoms with Gasteiger partial charge in [-0.05, 0) is 6.07 Å². The van der Waals surface area contributed by atoms with Crippen molar-refractivity contribution in [3.8, 4) is 5.75 Å². The van der Waals surface area contributed by atoms with E-state index in [0.717, 1.165) is 0 Å². The highest BCUT2D eigenvalue weighted by atomic mass is 35.5. The van der Waals surface area contributed by atoms with Crippen LogP contribution in [0.4, 0.5) is 8.78 Å². The van der Waals surface area contributed by atoms with E-state index in [9.17, 15) is 17.2 Å². The molecular formula is C6H5ClF2N2O3S. The summed E-state index contributed by atoms with van der Waals surface area (Å²) in [5, 5.41) is 13.1. The van der Waals surface area contributed by atoms with Gasteiger partial charge < -0.3 is 5.11 Å². The average Bonchev–Trinajstić information content (AvgIpc) is 2.06. The van der Waals surface area contributed by atoms with Gasteiger partial charge in [-0.2, -0.15) is 0 Å². The van der Waals surface area contributed by atoms with Gasteiger partial charge in [0.1, 0.15) is 10.6 Å². The van der Waals surface area contributed by atoms with E-state index in [1.54, 1.807) is 0 Å². The van der Waals surface area contributed by atoms with Crippen LogP contribution in [0.2, 0.25) is 5.15 Å². The van der Waals surface area contributed by atoms with Crippen LogP contribution in [-0.2, 0) is 10.0 Å². The standard InChI is InChI=1S/C6H5ClF2N2O3S/c7-5-4(12)3(15(10,13)14)1-2(11-5)6(8)9/h1,6,12H,(H2,10,13,14). The number of alkyl halides is 2. The summed E-state index contributed by atoms with van der Waals surface area (Å²) >= 11 is 5.25. The third-order valence-electron chi connectivity index (χ3n) is 1.47. The second-order valence-corrected chi connectivity index (χ2v) is 4.42. The van der Waals surface area contributed by atoms with E-state index in [0.29, 0.717) is 6.07 Å². The Morgan fingerprint density at radius 3 is 2.47 bits per heavy atom. The lowest BCUT2D eigenvalue weighted by atomic mass is 10.3. The quantitative estimate of drug-likeness (QED) is 0.775. The maximum atomic E-state index is 12.2. The van der Waals surface area contributed by atoms with E-state index >= 15 is 0 Å². The predicted octanol–water partition coefficient (Wildman–Crippen LogP) is 1.03. The summed E-state index contributed by atoms with van der Waals surface area (Å²) < 4.78 is 46.2. The molecule has 0 amide bonds. The summed E-state index contributed by atoms with van der Waals surface area (Å²) in [6, 6.07) is 0.473. The van der Waals surface area contributed by atoms with E-state index in [-0.39, 0.29) is 0 Å². The first-order valence-electron chi connectivity index (χ1n) is 3.44. The molecule has 9 heteroatoms. The molecule has 0 spiro atoms. The van der Waals surface area contributed by atoms with Crippen LogP contribution < -0.4 is 5.14 Å². The minimum atomic E-state index is -4.32. The summed E-state index contributed by atoms with van der Waals surface area (Å²) in [5.74, 6) is -0.941. The topological polar surface area (TPSA) is 93.3 Å². The Hall–Kier alpha value is -0.990. The normalized spacial score (nSPS) is 12.1. The zero-order chi connectivity index (χ0) is 11.8. The summed E-state index contributed by atoms with van der Waals surface area (Å²) in [7, 11) is -4.32. The van der Waals surface area contributed by atoms with Crippen molar-refractivity contribution >= 4 is 21.6 Å². The van der Waals surface area contributed by atoms with Crippen LogP contribution in [0.25, 0.3) is 0 Å². The van der Waals surface area contributed by atoms with E-state index < -0.39 is 37.9 Å². The summed E-state index contributed by atoms with van der Waals surface area (Å²) in [6.45, 7) is 0. The first-order chi connectivity index (χ1) is 6.73. The molecule has 1 rings (SSSR count). The Balaban J connectivity index is 3.52. The molecule has 0 aliphatic heterocycles. The lowest BCUT2D eigenvalue weighted by Crippen LogP contribution is -2.13. The van der Waals surface area contributed by atoms with Crippen LogP contribution >= 0.6 is 11.6 Å². The van der Waals surface area contributed by atoms with Crippen molar-refractivity contribution < 1.29 is 22.3 Å². The number of sulfonamides is 1. The van der Waals surface area contributed by atoms with Gasteiger partial charge in [-0.15, -0.1) is 0 Å². The van der Waals surface area contributed by atoms with Gasteiger partial charge in [0.2, 0.25) is 10.0 Å². The van der Waals surface area contributed by atoms with Crippen molar-refractivity contribution in [1.29, 1.82) is 0 Å². The van der Waals surface area contributed by atoms with Gasteiger partial charge in [-0.3, -0.25) is 0 Å². The molecule has 1 aromatic heterocycles. The molecule has 0 unspecified atom stereocenters. The molecule has 0 atom stereocenters. The summed E-state index contributed by atoms with van der Waals surface area (Å²) in [4.78, 5) is 2.21. The largest absolute Gasteiger partial charge is 0.504 e. The summed E-state index contributed by atoms with van der Waals surface area (Å²) in [6.07, 6.45) is -3.01.